The van der Waals surface area contributed by atoms with Crippen LogP contribution >= 0.6 is 0 Å². The number of nitrogens with one attached hydrogen (secondary N) is 1. The van der Waals surface area contributed by atoms with Gasteiger partial charge in [-0.05, 0) is 31.0 Å². The van der Waals surface area contributed by atoms with Crippen molar-refractivity contribution >= 4 is 22.5 Å². The quantitative estimate of drug-likeness (QED) is 0.363. The molecule has 0 bridgehead atoms. The van der Waals surface area contributed by atoms with Gasteiger partial charge in [0.2, 0.25) is 11.8 Å². The maximum atomic E-state index is 15.4. The number of ether oxygens (including phenoxy) is 2. The van der Waals surface area contributed by atoms with E-state index < -0.39 is 31.0 Å². The third kappa shape index (κ3) is 4.33. The first-order chi connectivity index (χ1) is 18.3. The van der Waals surface area contributed by atoms with Crippen LogP contribution in [0.5, 0.6) is 5.88 Å². The van der Waals surface area contributed by atoms with Gasteiger partial charge in [-0.1, -0.05) is 6.07 Å². The molecule has 5 heterocycles. The molecule has 0 radical (unpaired) electrons. The van der Waals surface area contributed by atoms with Crippen LogP contribution in [0.2, 0.25) is 0 Å². The second kappa shape index (κ2) is 9.70. The van der Waals surface area contributed by atoms with Gasteiger partial charge < -0.3 is 19.4 Å². The van der Waals surface area contributed by atoms with Crippen molar-refractivity contribution in [2.45, 2.75) is 44.6 Å². The number of halogens is 4. The van der Waals surface area contributed by atoms with E-state index in [9.17, 15) is 13.2 Å². The lowest BCUT2D eigenvalue weighted by Crippen LogP contribution is -2.57. The number of aromatic nitrogens is 5. The van der Waals surface area contributed by atoms with Crippen LogP contribution in [0.3, 0.4) is 0 Å². The maximum Gasteiger partial charge on any atom is 0.256 e. The predicted molar refractivity (Wildman–Crippen MR) is 132 cm³/mol. The summed E-state index contributed by atoms with van der Waals surface area (Å²) < 4.78 is 70.1. The number of likely N-dealkylation sites (tertiary alicyclic amines) is 1. The van der Waals surface area contributed by atoms with E-state index in [-0.39, 0.29) is 35.5 Å². The predicted octanol–water partition coefficient (Wildman–Crippen LogP) is 3.69. The van der Waals surface area contributed by atoms with E-state index in [0.717, 1.165) is 6.54 Å². The van der Waals surface area contributed by atoms with E-state index in [2.05, 4.69) is 25.3 Å². The van der Waals surface area contributed by atoms with E-state index in [0.29, 0.717) is 42.1 Å². The topological polar surface area (TPSA) is 81.7 Å². The minimum absolute atomic E-state index is 0.0956. The highest BCUT2D eigenvalue weighted by molar-refractivity contribution is 5.90. The first-order valence-corrected chi connectivity index (χ1v) is 12.4. The van der Waals surface area contributed by atoms with Crippen molar-refractivity contribution in [3.8, 4) is 17.0 Å². The monoisotopic (exact) mass is 533 g/mol. The lowest BCUT2D eigenvalue weighted by molar-refractivity contribution is -0.0794. The molecular formula is C25H27F4N7O2. The van der Waals surface area contributed by atoms with E-state index in [1.165, 1.54) is 22.4 Å². The average molecular weight is 534 g/mol. The molecular weight excluding hydrogens is 506 g/mol. The van der Waals surface area contributed by atoms with E-state index in [1.807, 2.05) is 0 Å². The Morgan fingerprint density at radius 2 is 2.05 bits per heavy atom. The Morgan fingerprint density at radius 1 is 1.24 bits per heavy atom. The molecule has 3 aromatic heterocycles. The van der Waals surface area contributed by atoms with Crippen molar-refractivity contribution in [2.75, 3.05) is 38.7 Å². The van der Waals surface area contributed by atoms with Gasteiger partial charge in [-0.25, -0.2) is 27.1 Å². The number of fused-ring (bicyclic) bond motifs is 2. The summed E-state index contributed by atoms with van der Waals surface area (Å²) in [6.07, 6.45) is -1.96. The van der Waals surface area contributed by atoms with Crippen LogP contribution < -0.4 is 10.1 Å². The smallest absolute Gasteiger partial charge is 0.256 e. The number of hydrogen-bond donors (Lipinski definition) is 1. The highest BCUT2D eigenvalue weighted by atomic mass is 19.3. The zero-order valence-corrected chi connectivity index (χ0v) is 20.9. The van der Waals surface area contributed by atoms with E-state index in [1.54, 1.807) is 25.1 Å². The molecule has 2 aliphatic rings. The zero-order chi connectivity index (χ0) is 26.6. The van der Waals surface area contributed by atoms with Crippen molar-refractivity contribution < 1.29 is 27.0 Å². The first kappa shape index (κ1) is 24.9. The fraction of sp³-hybridized carbons (Fsp3) is 0.480. The summed E-state index contributed by atoms with van der Waals surface area (Å²) in [4.78, 5) is 10.8. The number of hydrogen-bond acceptors (Lipinski definition) is 7. The SMILES string of the molecule is COc1nc(N[C@@H]2CCN(C3COC3)C[C@@H]2F)nn2cc(F)c(-c3ccc4nc(C)n(CC(F)F)c4c3)c12. The van der Waals surface area contributed by atoms with Gasteiger partial charge in [0.25, 0.3) is 6.43 Å². The lowest BCUT2D eigenvalue weighted by Gasteiger charge is -2.42. The number of methoxy groups -OCH3 is 1. The number of imidazole rings is 1. The van der Waals surface area contributed by atoms with Crippen LogP contribution in [0.25, 0.3) is 27.7 Å². The van der Waals surface area contributed by atoms with Gasteiger partial charge >= 0.3 is 0 Å². The fourth-order valence-electron chi connectivity index (χ4n) is 5.29. The van der Waals surface area contributed by atoms with Gasteiger partial charge in [0.15, 0.2) is 5.82 Å². The van der Waals surface area contributed by atoms with Crippen molar-refractivity contribution in [1.29, 1.82) is 0 Å². The number of anilines is 1. The van der Waals surface area contributed by atoms with Crippen LogP contribution in [0.4, 0.5) is 23.5 Å². The molecule has 0 saturated carbocycles. The number of rotatable bonds is 7. The fourth-order valence-corrected chi connectivity index (χ4v) is 5.29. The van der Waals surface area contributed by atoms with Gasteiger partial charge in [0.05, 0.1) is 61.7 Å². The molecule has 0 spiro atoms. The van der Waals surface area contributed by atoms with Crippen molar-refractivity contribution in [2.24, 2.45) is 0 Å². The van der Waals surface area contributed by atoms with Gasteiger partial charge in [0.1, 0.15) is 17.5 Å². The molecule has 9 nitrogen and oxygen atoms in total. The number of nitrogens with zero attached hydrogens (tertiary/aromatic N) is 6. The standard InChI is InChI=1S/C25H27F4N7O2/c1-13-30-19-4-3-14(7-20(19)35(13)10-21(28)29)22-17(27)9-36-23(22)24(37-2)32-25(33-36)31-18-5-6-34(8-16(18)26)15-11-38-12-15/h3-4,7,9,15-16,18,21H,5-6,8,10-12H2,1-2H3,(H,31,33)/t16-,18+/m0/s1. The van der Waals surface area contributed by atoms with Crippen molar-refractivity contribution in [3.05, 3.63) is 36.0 Å². The Labute approximate surface area is 215 Å². The normalized spacial score (nSPS) is 20.9. The highest BCUT2D eigenvalue weighted by Crippen LogP contribution is 2.36. The van der Waals surface area contributed by atoms with Crippen LogP contribution in [-0.4, -0.2) is 87.1 Å². The minimum Gasteiger partial charge on any atom is -0.479 e. The summed E-state index contributed by atoms with van der Waals surface area (Å²) in [6, 6.07) is 4.71. The zero-order valence-electron chi connectivity index (χ0n) is 20.9. The molecule has 4 aromatic rings. The van der Waals surface area contributed by atoms with Crippen LogP contribution in [0.15, 0.2) is 24.4 Å². The van der Waals surface area contributed by atoms with E-state index in [4.69, 9.17) is 9.47 Å². The van der Waals surface area contributed by atoms with Crippen LogP contribution in [-0.2, 0) is 11.3 Å². The number of alkyl halides is 3. The molecule has 0 amide bonds. The molecule has 2 atom stereocenters. The number of aryl methyl sites for hydroxylation is 1. The maximum absolute atomic E-state index is 15.4. The van der Waals surface area contributed by atoms with Crippen molar-refractivity contribution in [1.82, 2.24) is 29.0 Å². The number of benzene rings is 1. The molecule has 0 aliphatic carbocycles. The summed E-state index contributed by atoms with van der Waals surface area (Å²) in [7, 11) is 1.40. The molecule has 1 aromatic carbocycles. The third-order valence-electron chi connectivity index (χ3n) is 7.32. The summed E-state index contributed by atoms with van der Waals surface area (Å²) >= 11 is 0. The Kier molecular flexibility index (Phi) is 6.34. The molecule has 2 saturated heterocycles. The second-order valence-corrected chi connectivity index (χ2v) is 9.70. The molecule has 0 unspecified atom stereocenters. The average Bonchev–Trinajstić information content (AvgIpc) is 3.33. The van der Waals surface area contributed by atoms with Crippen LogP contribution in [0.1, 0.15) is 12.2 Å². The molecule has 13 heteroatoms. The van der Waals surface area contributed by atoms with Gasteiger partial charge in [-0.15, -0.1) is 5.10 Å². The molecule has 202 valence electrons. The summed E-state index contributed by atoms with van der Waals surface area (Å²) in [6.45, 7) is 3.40. The van der Waals surface area contributed by atoms with Crippen LogP contribution in [0, 0.1) is 12.7 Å². The lowest BCUT2D eigenvalue weighted by atomic mass is 10.0. The Morgan fingerprint density at radius 3 is 2.74 bits per heavy atom. The Balaban J connectivity index is 1.33. The molecule has 6 rings (SSSR count). The molecule has 1 N–H and O–H groups in total. The Hall–Kier alpha value is -3.45. The highest BCUT2D eigenvalue weighted by Gasteiger charge is 2.36. The van der Waals surface area contributed by atoms with Gasteiger partial charge in [0, 0.05) is 13.1 Å². The van der Waals surface area contributed by atoms with Gasteiger partial charge in [-0.2, -0.15) is 4.98 Å². The summed E-state index contributed by atoms with van der Waals surface area (Å²) in [5, 5.41) is 7.43. The minimum atomic E-state index is -2.57. The number of piperidine rings is 1. The third-order valence-corrected chi connectivity index (χ3v) is 7.32. The first-order valence-electron chi connectivity index (χ1n) is 12.4. The van der Waals surface area contributed by atoms with E-state index >= 15 is 4.39 Å². The molecule has 2 fully saturated rings. The Bertz CT molecular complexity index is 1490. The van der Waals surface area contributed by atoms with Gasteiger partial charge in [-0.3, -0.25) is 4.90 Å². The summed E-state index contributed by atoms with van der Waals surface area (Å²) in [5.74, 6) is 0.0581. The summed E-state index contributed by atoms with van der Waals surface area (Å²) in [5.41, 5.74) is 1.86. The largest absolute Gasteiger partial charge is 0.479 e. The second-order valence-electron chi connectivity index (χ2n) is 9.70. The van der Waals surface area contributed by atoms with Crippen molar-refractivity contribution in [3.63, 3.8) is 0 Å². The molecule has 2 aliphatic heterocycles. The molecule has 38 heavy (non-hydrogen) atoms.